The van der Waals surface area contributed by atoms with Gasteiger partial charge < -0.3 is 24.8 Å². The lowest BCUT2D eigenvalue weighted by atomic mass is 9.95. The summed E-state index contributed by atoms with van der Waals surface area (Å²) in [5.41, 5.74) is 3.16. The van der Waals surface area contributed by atoms with Crippen LogP contribution in [0.5, 0.6) is 17.2 Å². The third kappa shape index (κ3) is 8.02. The molecule has 2 aromatic rings. The molecule has 0 aliphatic heterocycles. The molecular formula is C25H30N4O6. The Morgan fingerprint density at radius 1 is 0.943 bits per heavy atom. The van der Waals surface area contributed by atoms with Gasteiger partial charge >= 0.3 is 11.8 Å². The van der Waals surface area contributed by atoms with Crippen LogP contribution in [0.25, 0.3) is 0 Å². The average molecular weight is 483 g/mol. The largest absolute Gasteiger partial charge is 0.497 e. The Kier molecular flexibility index (Phi) is 9.47. The van der Waals surface area contributed by atoms with Crippen molar-refractivity contribution in [2.75, 3.05) is 26.1 Å². The molecule has 0 heterocycles. The topological polar surface area (TPSA) is 127 Å². The Morgan fingerprint density at radius 2 is 1.66 bits per heavy atom. The highest BCUT2D eigenvalue weighted by atomic mass is 16.5. The number of hydrogen-bond donors (Lipinski definition) is 3. The number of anilines is 1. The van der Waals surface area contributed by atoms with Gasteiger partial charge in [0.25, 0.3) is 5.91 Å². The van der Waals surface area contributed by atoms with E-state index in [9.17, 15) is 14.4 Å². The van der Waals surface area contributed by atoms with Crippen molar-refractivity contribution in [1.82, 2.24) is 10.7 Å². The van der Waals surface area contributed by atoms with Crippen LogP contribution < -0.4 is 30.3 Å². The van der Waals surface area contributed by atoms with Crippen LogP contribution in [0.4, 0.5) is 5.69 Å². The van der Waals surface area contributed by atoms with E-state index in [0.717, 1.165) is 25.7 Å². The van der Waals surface area contributed by atoms with E-state index in [2.05, 4.69) is 21.2 Å². The third-order valence-corrected chi connectivity index (χ3v) is 5.46. The molecule has 10 heteroatoms. The number of amides is 3. The normalized spacial score (nSPS) is 13.7. The summed E-state index contributed by atoms with van der Waals surface area (Å²) in [6, 6.07) is 11.8. The van der Waals surface area contributed by atoms with E-state index in [1.165, 1.54) is 26.9 Å². The number of rotatable bonds is 9. The maximum Gasteiger partial charge on any atom is 0.329 e. The predicted molar refractivity (Wildman–Crippen MR) is 131 cm³/mol. The summed E-state index contributed by atoms with van der Waals surface area (Å²) in [4.78, 5) is 36.2. The second-order valence-electron chi connectivity index (χ2n) is 7.98. The first-order valence-electron chi connectivity index (χ1n) is 11.4. The van der Waals surface area contributed by atoms with Gasteiger partial charge in [-0.15, -0.1) is 0 Å². The van der Waals surface area contributed by atoms with Gasteiger partial charge in [-0.1, -0.05) is 19.3 Å². The van der Waals surface area contributed by atoms with Crippen LogP contribution in [0.1, 0.15) is 37.7 Å². The van der Waals surface area contributed by atoms with Crippen molar-refractivity contribution in [3.8, 4) is 17.2 Å². The van der Waals surface area contributed by atoms with Crippen LogP contribution in [0, 0.1) is 0 Å². The van der Waals surface area contributed by atoms with Gasteiger partial charge in [-0.2, -0.15) is 5.10 Å². The zero-order chi connectivity index (χ0) is 25.0. The van der Waals surface area contributed by atoms with Gasteiger partial charge in [-0.25, -0.2) is 5.43 Å². The van der Waals surface area contributed by atoms with Gasteiger partial charge in [-0.05, 0) is 54.8 Å². The molecule has 10 nitrogen and oxygen atoms in total. The first-order valence-corrected chi connectivity index (χ1v) is 11.4. The molecule has 0 unspecified atom stereocenters. The molecule has 1 aliphatic rings. The molecule has 0 atom stereocenters. The van der Waals surface area contributed by atoms with Gasteiger partial charge in [0.05, 0.1) is 26.1 Å². The Hall–Kier alpha value is -4.08. The number of carbonyl (C=O) groups is 3. The fourth-order valence-corrected chi connectivity index (χ4v) is 3.61. The Balaban J connectivity index is 1.43. The van der Waals surface area contributed by atoms with Crippen LogP contribution in [0.2, 0.25) is 0 Å². The van der Waals surface area contributed by atoms with Crippen LogP contribution in [-0.2, 0) is 14.4 Å². The molecule has 3 N–H and O–H groups in total. The van der Waals surface area contributed by atoms with Crippen LogP contribution in [-0.4, -0.2) is 50.8 Å². The molecule has 0 bridgehead atoms. The van der Waals surface area contributed by atoms with Crippen molar-refractivity contribution in [2.45, 2.75) is 38.1 Å². The van der Waals surface area contributed by atoms with Crippen molar-refractivity contribution in [3.63, 3.8) is 0 Å². The van der Waals surface area contributed by atoms with Crippen molar-refractivity contribution >= 4 is 29.6 Å². The van der Waals surface area contributed by atoms with Crippen LogP contribution >= 0.6 is 0 Å². The molecule has 0 spiro atoms. The highest BCUT2D eigenvalue weighted by Gasteiger charge is 2.17. The van der Waals surface area contributed by atoms with E-state index in [0.29, 0.717) is 28.5 Å². The van der Waals surface area contributed by atoms with E-state index in [1.54, 1.807) is 42.5 Å². The zero-order valence-corrected chi connectivity index (χ0v) is 19.8. The summed E-state index contributed by atoms with van der Waals surface area (Å²) in [7, 11) is 2.95. The maximum absolute atomic E-state index is 12.1. The fourth-order valence-electron chi connectivity index (χ4n) is 3.61. The minimum absolute atomic E-state index is 0.0475. The predicted octanol–water partition coefficient (Wildman–Crippen LogP) is 2.62. The van der Waals surface area contributed by atoms with Crippen LogP contribution in [0.15, 0.2) is 47.6 Å². The SMILES string of the molecule is COc1ccc(NC(=O)C(=O)NN=Cc2ccc(OCC(=O)NC3CCCCC3)cc2)c(OC)c1. The Labute approximate surface area is 204 Å². The summed E-state index contributed by atoms with van der Waals surface area (Å²) in [6.45, 7) is -0.0475. The van der Waals surface area contributed by atoms with E-state index >= 15 is 0 Å². The second kappa shape index (κ2) is 13.0. The Morgan fingerprint density at radius 3 is 2.34 bits per heavy atom. The first kappa shape index (κ1) is 25.5. The standard InChI is InChI=1S/C25H30N4O6/c1-33-20-12-13-21(22(14-20)34-2)28-24(31)25(32)29-26-15-17-8-10-19(11-9-17)35-16-23(30)27-18-6-4-3-5-7-18/h8-15,18H,3-7,16H2,1-2H3,(H,27,30)(H,28,31)(H,29,32). The van der Waals surface area contributed by atoms with Gasteiger partial charge in [0.2, 0.25) is 0 Å². The third-order valence-electron chi connectivity index (χ3n) is 5.46. The fraction of sp³-hybridized carbons (Fsp3) is 0.360. The monoisotopic (exact) mass is 482 g/mol. The molecule has 0 aromatic heterocycles. The van der Waals surface area contributed by atoms with Gasteiger partial charge in [0, 0.05) is 12.1 Å². The minimum Gasteiger partial charge on any atom is -0.497 e. The molecule has 3 rings (SSSR count). The average Bonchev–Trinajstić information content (AvgIpc) is 2.89. The lowest BCUT2D eigenvalue weighted by Gasteiger charge is -2.22. The van der Waals surface area contributed by atoms with Crippen molar-refractivity contribution in [3.05, 3.63) is 48.0 Å². The molecule has 2 aromatic carbocycles. The highest BCUT2D eigenvalue weighted by Crippen LogP contribution is 2.28. The summed E-state index contributed by atoms with van der Waals surface area (Å²) in [5, 5.41) is 9.27. The van der Waals surface area contributed by atoms with Gasteiger partial charge in [-0.3, -0.25) is 14.4 Å². The maximum atomic E-state index is 12.1. The summed E-state index contributed by atoms with van der Waals surface area (Å²) in [5.74, 6) is -0.534. The zero-order valence-electron chi connectivity index (χ0n) is 19.8. The Bertz CT molecular complexity index is 1050. The second-order valence-corrected chi connectivity index (χ2v) is 7.98. The van der Waals surface area contributed by atoms with Crippen molar-refractivity contribution in [2.24, 2.45) is 5.10 Å². The summed E-state index contributed by atoms with van der Waals surface area (Å²) < 4.78 is 15.8. The van der Waals surface area contributed by atoms with E-state index in [4.69, 9.17) is 14.2 Å². The number of nitrogens with one attached hydrogen (secondary N) is 3. The van der Waals surface area contributed by atoms with E-state index in [-0.39, 0.29) is 18.6 Å². The van der Waals surface area contributed by atoms with Gasteiger partial charge in [0.1, 0.15) is 17.2 Å². The highest BCUT2D eigenvalue weighted by molar-refractivity contribution is 6.39. The number of methoxy groups -OCH3 is 2. The molecule has 186 valence electrons. The van der Waals surface area contributed by atoms with E-state index in [1.807, 2.05) is 0 Å². The number of nitrogens with zero attached hydrogens (tertiary/aromatic N) is 1. The van der Waals surface area contributed by atoms with Crippen molar-refractivity contribution < 1.29 is 28.6 Å². The minimum atomic E-state index is -0.942. The van der Waals surface area contributed by atoms with Crippen LogP contribution in [0.3, 0.4) is 0 Å². The lowest BCUT2D eigenvalue weighted by molar-refractivity contribution is -0.136. The van der Waals surface area contributed by atoms with Crippen molar-refractivity contribution in [1.29, 1.82) is 0 Å². The summed E-state index contributed by atoms with van der Waals surface area (Å²) >= 11 is 0. The molecular weight excluding hydrogens is 452 g/mol. The molecule has 1 fully saturated rings. The lowest BCUT2D eigenvalue weighted by Crippen LogP contribution is -2.38. The molecule has 0 radical (unpaired) electrons. The number of hydrogen-bond acceptors (Lipinski definition) is 7. The smallest absolute Gasteiger partial charge is 0.329 e. The molecule has 3 amide bonds. The quantitative estimate of drug-likeness (QED) is 0.286. The first-order chi connectivity index (χ1) is 17.0. The summed E-state index contributed by atoms with van der Waals surface area (Å²) in [6.07, 6.45) is 6.96. The molecule has 0 saturated heterocycles. The van der Waals surface area contributed by atoms with Gasteiger partial charge in [0.15, 0.2) is 6.61 Å². The molecule has 35 heavy (non-hydrogen) atoms. The number of ether oxygens (including phenoxy) is 3. The number of hydrazone groups is 1. The molecule has 1 aliphatic carbocycles. The number of benzene rings is 2. The van der Waals surface area contributed by atoms with E-state index < -0.39 is 11.8 Å². The number of carbonyl (C=O) groups excluding carboxylic acids is 3. The molecule has 1 saturated carbocycles.